The van der Waals surface area contributed by atoms with Crippen LogP contribution in [0, 0.1) is 0 Å². The summed E-state index contributed by atoms with van der Waals surface area (Å²) >= 11 is 0. The average Bonchev–Trinajstić information content (AvgIpc) is 2.83. The Morgan fingerprint density at radius 2 is 1.87 bits per heavy atom. The Balaban J connectivity index is 1.67. The molecular formula is C20H21NO2. The van der Waals surface area contributed by atoms with Crippen LogP contribution in [0.25, 0.3) is 6.08 Å². The summed E-state index contributed by atoms with van der Waals surface area (Å²) in [6.45, 7) is 4.38. The van der Waals surface area contributed by atoms with Gasteiger partial charge in [0.2, 0.25) is 5.91 Å². The maximum atomic E-state index is 12.2. The highest BCUT2D eigenvalue weighted by Gasteiger charge is 2.24. The van der Waals surface area contributed by atoms with Gasteiger partial charge in [0, 0.05) is 11.1 Å². The maximum absolute atomic E-state index is 12.2. The van der Waals surface area contributed by atoms with Gasteiger partial charge in [-0.2, -0.15) is 0 Å². The first-order valence-electron chi connectivity index (χ1n) is 7.74. The number of hydrogen-bond acceptors (Lipinski definition) is 2. The molecule has 0 heterocycles. The number of allylic oxidation sites excluding steroid dienone is 1. The van der Waals surface area contributed by atoms with E-state index >= 15 is 0 Å². The lowest BCUT2D eigenvalue weighted by molar-refractivity contribution is -0.115. The minimum absolute atomic E-state index is 0.0173. The second kappa shape index (κ2) is 5.92. The van der Waals surface area contributed by atoms with Gasteiger partial charge in [0.05, 0.1) is 13.5 Å². The third kappa shape index (κ3) is 3.29. The summed E-state index contributed by atoms with van der Waals surface area (Å²) in [5.74, 6) is 0.776. The van der Waals surface area contributed by atoms with Crippen molar-refractivity contribution >= 4 is 17.7 Å². The molecule has 1 N–H and O–H groups in total. The highest BCUT2D eigenvalue weighted by molar-refractivity contribution is 5.92. The van der Waals surface area contributed by atoms with Crippen LogP contribution in [0.5, 0.6) is 5.75 Å². The summed E-state index contributed by atoms with van der Waals surface area (Å²) in [4.78, 5) is 12.2. The van der Waals surface area contributed by atoms with Gasteiger partial charge < -0.3 is 10.1 Å². The molecule has 0 spiro atoms. The van der Waals surface area contributed by atoms with Gasteiger partial charge in [-0.15, -0.1) is 0 Å². The van der Waals surface area contributed by atoms with E-state index in [0.29, 0.717) is 6.42 Å². The third-order valence-electron chi connectivity index (χ3n) is 4.23. The van der Waals surface area contributed by atoms with Gasteiger partial charge in [-0.1, -0.05) is 44.2 Å². The number of carbonyl (C=O) groups excluding carboxylic acids is 1. The molecule has 2 aromatic rings. The molecule has 23 heavy (non-hydrogen) atoms. The van der Waals surface area contributed by atoms with E-state index in [1.165, 1.54) is 11.1 Å². The lowest BCUT2D eigenvalue weighted by atomic mass is 9.87. The Morgan fingerprint density at radius 1 is 1.13 bits per heavy atom. The summed E-state index contributed by atoms with van der Waals surface area (Å²) in [6.07, 6.45) is 4.66. The number of fused-ring (bicyclic) bond motifs is 1. The van der Waals surface area contributed by atoms with Gasteiger partial charge in [0.25, 0.3) is 0 Å². The fourth-order valence-corrected chi connectivity index (χ4v) is 2.89. The molecule has 3 rings (SSSR count). The summed E-state index contributed by atoms with van der Waals surface area (Å²) in [7, 11) is 1.63. The number of nitrogens with one attached hydrogen (secondary N) is 1. The quantitative estimate of drug-likeness (QED) is 0.920. The van der Waals surface area contributed by atoms with E-state index in [2.05, 4.69) is 37.4 Å². The van der Waals surface area contributed by atoms with Crippen molar-refractivity contribution in [2.45, 2.75) is 25.7 Å². The second-order valence-electron chi connectivity index (χ2n) is 6.43. The number of amides is 1. The number of hydrogen-bond donors (Lipinski definition) is 1. The van der Waals surface area contributed by atoms with Crippen molar-refractivity contribution in [2.24, 2.45) is 0 Å². The first-order valence-corrected chi connectivity index (χ1v) is 7.74. The predicted octanol–water partition coefficient (Wildman–Crippen LogP) is 4.18. The lowest BCUT2D eigenvalue weighted by Crippen LogP contribution is -2.15. The van der Waals surface area contributed by atoms with Crippen LogP contribution in [0.15, 0.2) is 48.5 Å². The van der Waals surface area contributed by atoms with Crippen molar-refractivity contribution in [1.82, 2.24) is 0 Å². The largest absolute Gasteiger partial charge is 0.497 e. The Bertz CT molecular complexity index is 758. The topological polar surface area (TPSA) is 38.3 Å². The van der Waals surface area contributed by atoms with E-state index in [1.807, 2.05) is 36.4 Å². The molecule has 2 aromatic carbocycles. The van der Waals surface area contributed by atoms with Crippen molar-refractivity contribution < 1.29 is 9.53 Å². The fraction of sp³-hybridized carbons (Fsp3) is 0.250. The zero-order chi connectivity index (χ0) is 16.4. The van der Waals surface area contributed by atoms with E-state index in [1.54, 1.807) is 7.11 Å². The van der Waals surface area contributed by atoms with Gasteiger partial charge >= 0.3 is 0 Å². The molecule has 0 aromatic heterocycles. The number of ether oxygens (including phenoxy) is 1. The molecule has 0 unspecified atom stereocenters. The zero-order valence-corrected chi connectivity index (χ0v) is 13.7. The molecule has 0 saturated carbocycles. The number of carbonyl (C=O) groups is 1. The van der Waals surface area contributed by atoms with E-state index in [4.69, 9.17) is 4.74 Å². The molecule has 3 nitrogen and oxygen atoms in total. The highest BCUT2D eigenvalue weighted by Crippen LogP contribution is 2.36. The van der Waals surface area contributed by atoms with Crippen molar-refractivity contribution in [3.8, 4) is 5.75 Å². The number of rotatable bonds is 4. The Labute approximate surface area is 137 Å². The van der Waals surface area contributed by atoms with Crippen LogP contribution in [0.1, 0.15) is 30.5 Å². The summed E-state index contributed by atoms with van der Waals surface area (Å²) < 4.78 is 5.12. The van der Waals surface area contributed by atoms with Gasteiger partial charge in [-0.05, 0) is 41.0 Å². The normalized spacial score (nSPS) is 14.4. The number of benzene rings is 2. The van der Waals surface area contributed by atoms with E-state index in [0.717, 1.165) is 17.0 Å². The first kappa shape index (κ1) is 15.3. The summed E-state index contributed by atoms with van der Waals surface area (Å²) in [6, 6.07) is 13.7. The SMILES string of the molecule is COc1ccc(CC(=O)Nc2ccc3c(c2)C=CC3(C)C)cc1. The first-order chi connectivity index (χ1) is 11.0. The Kier molecular flexibility index (Phi) is 3.95. The number of anilines is 1. The monoisotopic (exact) mass is 307 g/mol. The van der Waals surface area contributed by atoms with Crippen LogP contribution in [0.3, 0.4) is 0 Å². The Hall–Kier alpha value is -2.55. The van der Waals surface area contributed by atoms with Crippen LogP contribution >= 0.6 is 0 Å². The average molecular weight is 307 g/mol. The molecule has 0 atom stereocenters. The molecule has 1 aliphatic rings. The molecule has 0 radical (unpaired) electrons. The molecule has 1 aliphatic carbocycles. The van der Waals surface area contributed by atoms with E-state index in [9.17, 15) is 4.79 Å². The van der Waals surface area contributed by atoms with Crippen LogP contribution in [-0.2, 0) is 16.6 Å². The lowest BCUT2D eigenvalue weighted by Gasteiger charge is -2.18. The summed E-state index contributed by atoms with van der Waals surface area (Å²) in [5, 5.41) is 2.97. The molecule has 0 fully saturated rings. The Morgan fingerprint density at radius 3 is 2.57 bits per heavy atom. The number of methoxy groups -OCH3 is 1. The molecule has 0 bridgehead atoms. The maximum Gasteiger partial charge on any atom is 0.228 e. The van der Waals surface area contributed by atoms with Crippen molar-refractivity contribution in [2.75, 3.05) is 12.4 Å². The smallest absolute Gasteiger partial charge is 0.228 e. The molecular weight excluding hydrogens is 286 g/mol. The summed E-state index contributed by atoms with van der Waals surface area (Å²) in [5.41, 5.74) is 4.35. The van der Waals surface area contributed by atoms with Crippen molar-refractivity contribution in [1.29, 1.82) is 0 Å². The van der Waals surface area contributed by atoms with Gasteiger partial charge in [0.15, 0.2) is 0 Å². The van der Waals surface area contributed by atoms with Crippen LogP contribution in [0.2, 0.25) is 0 Å². The van der Waals surface area contributed by atoms with Gasteiger partial charge in [0.1, 0.15) is 5.75 Å². The zero-order valence-electron chi connectivity index (χ0n) is 13.7. The minimum Gasteiger partial charge on any atom is -0.497 e. The van der Waals surface area contributed by atoms with E-state index < -0.39 is 0 Å². The minimum atomic E-state index is -0.0173. The highest BCUT2D eigenvalue weighted by atomic mass is 16.5. The predicted molar refractivity (Wildman–Crippen MR) is 93.8 cm³/mol. The molecule has 3 heteroatoms. The van der Waals surface area contributed by atoms with Gasteiger partial charge in [-0.3, -0.25) is 4.79 Å². The van der Waals surface area contributed by atoms with Gasteiger partial charge in [-0.25, -0.2) is 0 Å². The third-order valence-corrected chi connectivity index (χ3v) is 4.23. The van der Waals surface area contributed by atoms with Crippen LogP contribution in [-0.4, -0.2) is 13.0 Å². The van der Waals surface area contributed by atoms with Crippen LogP contribution in [0.4, 0.5) is 5.69 Å². The van der Waals surface area contributed by atoms with E-state index in [-0.39, 0.29) is 11.3 Å². The van der Waals surface area contributed by atoms with Crippen molar-refractivity contribution in [3.05, 3.63) is 65.2 Å². The molecule has 1 amide bonds. The molecule has 118 valence electrons. The van der Waals surface area contributed by atoms with Crippen molar-refractivity contribution in [3.63, 3.8) is 0 Å². The molecule has 0 saturated heterocycles. The van der Waals surface area contributed by atoms with Crippen LogP contribution < -0.4 is 10.1 Å². The molecule has 0 aliphatic heterocycles. The fourth-order valence-electron chi connectivity index (χ4n) is 2.89. The second-order valence-corrected chi connectivity index (χ2v) is 6.43. The standard InChI is InChI=1S/C20H21NO2/c1-20(2)11-10-15-13-16(6-9-18(15)20)21-19(22)12-14-4-7-17(23-3)8-5-14/h4-11,13H,12H2,1-3H3,(H,21,22).